The summed E-state index contributed by atoms with van der Waals surface area (Å²) in [6.45, 7) is 14.3. The Balaban J connectivity index is 1.38. The molecule has 0 bridgehead atoms. The molecule has 2 atom stereocenters. The number of benzene rings is 6. The molecule has 0 heterocycles. The summed E-state index contributed by atoms with van der Waals surface area (Å²) in [6.07, 6.45) is 5.00. The van der Waals surface area contributed by atoms with Crippen LogP contribution in [0.3, 0.4) is 0 Å². The summed E-state index contributed by atoms with van der Waals surface area (Å²) >= 11 is -4.96. The predicted molar refractivity (Wildman–Crippen MR) is 220 cm³/mol. The molecule has 0 aliphatic heterocycles. The molecule has 251 valence electrons. The van der Waals surface area contributed by atoms with E-state index in [0.29, 0.717) is 11.8 Å². The number of rotatable bonds is 7. The zero-order valence-electron chi connectivity index (χ0n) is 29.8. The van der Waals surface area contributed by atoms with Gasteiger partial charge in [-0.3, -0.25) is 0 Å². The van der Waals surface area contributed by atoms with Gasteiger partial charge in [-0.05, 0) is 0 Å². The van der Waals surface area contributed by atoms with Gasteiger partial charge < -0.3 is 0 Å². The van der Waals surface area contributed by atoms with E-state index < -0.39 is 21.5 Å². The van der Waals surface area contributed by atoms with Crippen LogP contribution in [0.5, 0.6) is 0 Å². The van der Waals surface area contributed by atoms with E-state index in [2.05, 4.69) is 174 Å². The summed E-state index contributed by atoms with van der Waals surface area (Å²) in [5.41, 5.74) is 13.3. The first kappa shape index (κ1) is 34.1. The molecule has 0 nitrogen and oxygen atoms in total. The molecule has 0 saturated carbocycles. The van der Waals surface area contributed by atoms with E-state index in [4.69, 9.17) is 17.0 Å². The van der Waals surface area contributed by atoms with Crippen molar-refractivity contribution in [1.29, 1.82) is 0 Å². The molecule has 0 radical (unpaired) electrons. The molecule has 0 N–H and O–H groups in total. The standard InChI is InChI=1S/2C22H19.C2H7Si.2ClH.Zr/c2*1-15(2)18-13-17-9-6-12-21(22(17)14-18)20-11-5-8-16-7-3-4-10-19(16)20;1-3-2;;;/h2*3-15H,1-2H3;3H,1-2H3;2*1H;/q;;;;;+2/p-2. The summed E-state index contributed by atoms with van der Waals surface area (Å²) in [6, 6.07) is 44.7. The Labute approximate surface area is 306 Å². The number of fused-ring (bicyclic) bond motifs is 4. The molecule has 0 aromatic heterocycles. The van der Waals surface area contributed by atoms with Crippen molar-refractivity contribution in [1.82, 2.24) is 0 Å². The third kappa shape index (κ3) is 5.08. The Bertz CT molecular complexity index is 2210. The average Bonchev–Trinajstić information content (AvgIpc) is 3.73. The SMILES string of the molecule is CC(C)C1=Cc2c(-c3cccc4ccccc34)cccc2[CH]1[Zr]([Cl])([Cl])([CH]1C(C(C)C)=Cc2c(-c3cccc4ccccc34)cccc21)[SiH](C)C. The molecule has 6 aromatic carbocycles. The van der Waals surface area contributed by atoms with Gasteiger partial charge in [0.05, 0.1) is 0 Å². The van der Waals surface area contributed by atoms with Gasteiger partial charge in [-0.1, -0.05) is 0 Å². The van der Waals surface area contributed by atoms with Crippen LogP contribution >= 0.6 is 17.0 Å². The monoisotopic (exact) mass is 785 g/mol. The molecule has 6 aromatic rings. The van der Waals surface area contributed by atoms with Crippen LogP contribution in [0.2, 0.25) is 13.1 Å². The summed E-state index contributed by atoms with van der Waals surface area (Å²) in [5, 5.41) is 5.08. The van der Waals surface area contributed by atoms with Crippen LogP contribution in [0, 0.1) is 11.8 Å². The van der Waals surface area contributed by atoms with Gasteiger partial charge in [0.2, 0.25) is 0 Å². The number of hydrogen-bond donors (Lipinski definition) is 0. The summed E-state index contributed by atoms with van der Waals surface area (Å²) in [7, 11) is 17.6. The van der Waals surface area contributed by atoms with Gasteiger partial charge in [0.25, 0.3) is 0 Å². The minimum atomic E-state index is -4.96. The summed E-state index contributed by atoms with van der Waals surface area (Å²) in [5.74, 6) is -1.06. The molecule has 0 spiro atoms. The molecule has 0 amide bonds. The molecule has 50 heavy (non-hydrogen) atoms. The Morgan fingerprint density at radius 3 is 1.24 bits per heavy atom. The average molecular weight is 788 g/mol. The van der Waals surface area contributed by atoms with Crippen molar-refractivity contribution < 1.29 is 15.6 Å². The molecule has 0 saturated heterocycles. The molecule has 2 unspecified atom stereocenters. The molecule has 2 aliphatic carbocycles. The second-order valence-electron chi connectivity index (χ2n) is 15.5. The Hall–Kier alpha value is -3.00. The third-order valence-electron chi connectivity index (χ3n) is 11.9. The Kier molecular flexibility index (Phi) is 8.59. The first-order chi connectivity index (χ1) is 24.0. The molecule has 2 aliphatic rings. The van der Waals surface area contributed by atoms with Gasteiger partial charge in [0.15, 0.2) is 0 Å². The minimum absolute atomic E-state index is 0.0516. The van der Waals surface area contributed by atoms with Crippen LogP contribution in [0.15, 0.2) is 132 Å². The molecular formula is C46H45Cl2SiZr. The maximum atomic E-state index is 8.82. The fraction of sp³-hybridized carbons (Fsp3) is 0.217. The number of halogens is 2. The van der Waals surface area contributed by atoms with Crippen LogP contribution < -0.4 is 0 Å². The second-order valence-corrected chi connectivity index (χ2v) is 58.0. The third-order valence-corrected chi connectivity index (χ3v) is 63.6. The fourth-order valence-electron chi connectivity index (χ4n) is 9.31. The van der Waals surface area contributed by atoms with Crippen molar-refractivity contribution in [3.63, 3.8) is 0 Å². The van der Waals surface area contributed by atoms with Gasteiger partial charge >= 0.3 is 309 Å². The molecule has 0 fully saturated rings. The van der Waals surface area contributed by atoms with Crippen molar-refractivity contribution in [3.05, 3.63) is 155 Å². The first-order valence-electron chi connectivity index (χ1n) is 18.2. The molecule has 8 rings (SSSR count). The number of allylic oxidation sites excluding steroid dienone is 2. The van der Waals surface area contributed by atoms with E-state index in [9.17, 15) is 0 Å². The van der Waals surface area contributed by atoms with Crippen molar-refractivity contribution in [2.24, 2.45) is 11.8 Å². The number of hydrogen-bond acceptors (Lipinski definition) is 0. The van der Waals surface area contributed by atoms with Crippen molar-refractivity contribution in [2.75, 3.05) is 0 Å². The topological polar surface area (TPSA) is 0 Å². The van der Waals surface area contributed by atoms with Gasteiger partial charge in [0, 0.05) is 0 Å². The summed E-state index contributed by atoms with van der Waals surface area (Å²) < 4.78 is 0.103. The van der Waals surface area contributed by atoms with Crippen LogP contribution in [0.1, 0.15) is 57.2 Å². The van der Waals surface area contributed by atoms with Gasteiger partial charge in [0.1, 0.15) is 0 Å². The Morgan fingerprint density at radius 2 is 0.840 bits per heavy atom. The summed E-state index contributed by atoms with van der Waals surface area (Å²) in [4.78, 5) is 0. The second kappa shape index (κ2) is 12.6. The predicted octanol–water partition coefficient (Wildman–Crippen LogP) is 14.2. The molecular weight excluding hydrogens is 743 g/mol. The van der Waals surface area contributed by atoms with Crippen LogP contribution in [0.25, 0.3) is 56.0 Å². The van der Waals surface area contributed by atoms with E-state index in [0.717, 1.165) is 0 Å². The molecule has 4 heteroatoms. The van der Waals surface area contributed by atoms with E-state index in [1.54, 1.807) is 0 Å². The Morgan fingerprint density at radius 1 is 0.480 bits per heavy atom. The van der Waals surface area contributed by atoms with Crippen LogP contribution in [0.4, 0.5) is 0 Å². The van der Waals surface area contributed by atoms with Crippen molar-refractivity contribution in [2.45, 2.75) is 48.0 Å². The van der Waals surface area contributed by atoms with E-state index >= 15 is 0 Å². The normalized spacial score (nSPS) is 18.0. The first-order valence-corrected chi connectivity index (χ1v) is 34.5. The quantitative estimate of drug-likeness (QED) is 0.141. The maximum absolute atomic E-state index is 8.82. The van der Waals surface area contributed by atoms with Gasteiger partial charge in [-0.2, -0.15) is 0 Å². The van der Waals surface area contributed by atoms with Crippen LogP contribution in [-0.2, 0) is 15.6 Å². The van der Waals surface area contributed by atoms with E-state index in [1.165, 1.54) is 77.2 Å². The fourth-order valence-corrected chi connectivity index (χ4v) is 40.8. The zero-order valence-corrected chi connectivity index (χ0v) is 35.0. The van der Waals surface area contributed by atoms with Crippen molar-refractivity contribution in [3.8, 4) is 22.3 Å². The van der Waals surface area contributed by atoms with E-state index in [1.807, 2.05) is 0 Å². The van der Waals surface area contributed by atoms with Crippen molar-refractivity contribution >= 4 is 56.6 Å². The van der Waals surface area contributed by atoms with Gasteiger partial charge in [-0.15, -0.1) is 0 Å². The van der Waals surface area contributed by atoms with Gasteiger partial charge in [-0.25, -0.2) is 0 Å². The zero-order chi connectivity index (χ0) is 35.0. The van der Waals surface area contributed by atoms with Crippen LogP contribution in [-0.4, -0.2) is 5.92 Å². The van der Waals surface area contributed by atoms with E-state index in [-0.39, 0.29) is 7.25 Å².